The third kappa shape index (κ3) is 2.61. The molecule has 0 fully saturated rings. The van der Waals surface area contributed by atoms with Crippen molar-refractivity contribution in [2.24, 2.45) is 0 Å². The van der Waals surface area contributed by atoms with Crippen LogP contribution in [0.25, 0.3) is 11.3 Å². The topological polar surface area (TPSA) is 68.6 Å². The van der Waals surface area contributed by atoms with Crippen molar-refractivity contribution in [3.8, 4) is 17.3 Å². The predicted octanol–water partition coefficient (Wildman–Crippen LogP) is 1.82. The van der Waals surface area contributed by atoms with Gasteiger partial charge >= 0.3 is 0 Å². The maximum atomic E-state index is 8.51. The van der Waals surface area contributed by atoms with Crippen LogP contribution in [0.2, 0.25) is 0 Å². The van der Waals surface area contributed by atoms with Gasteiger partial charge in [0.15, 0.2) is 5.82 Å². The van der Waals surface area contributed by atoms with Crippen LogP contribution in [0.15, 0.2) is 30.6 Å². The van der Waals surface area contributed by atoms with Crippen LogP contribution < -0.4 is 4.90 Å². The van der Waals surface area contributed by atoms with E-state index in [1.165, 1.54) is 0 Å². The summed E-state index contributed by atoms with van der Waals surface area (Å²) in [6, 6.07) is 7.89. The van der Waals surface area contributed by atoms with Crippen molar-refractivity contribution in [3.63, 3.8) is 0 Å². The van der Waals surface area contributed by atoms with Gasteiger partial charge in [-0.05, 0) is 18.2 Å². The molecule has 0 saturated carbocycles. The first-order valence-electron chi connectivity index (χ1n) is 5.36. The quantitative estimate of drug-likeness (QED) is 0.865. The summed E-state index contributed by atoms with van der Waals surface area (Å²) in [5.41, 5.74) is 1.85. The lowest BCUT2D eigenvalue weighted by Crippen LogP contribution is -2.19. The van der Waals surface area contributed by atoms with Gasteiger partial charge in [0.25, 0.3) is 0 Å². The molecule has 1 N–H and O–H groups in total. The molecule has 0 spiro atoms. The van der Waals surface area contributed by atoms with E-state index in [-0.39, 0.29) is 0 Å². The Morgan fingerprint density at radius 1 is 1.35 bits per heavy atom. The van der Waals surface area contributed by atoms with Crippen LogP contribution >= 0.6 is 0 Å². The Morgan fingerprint density at radius 2 is 2.24 bits per heavy atom. The minimum Gasteiger partial charge on any atom is -0.367 e. The number of H-pyrrole nitrogens is 1. The molecule has 0 bridgehead atoms. The molecule has 2 aromatic rings. The summed E-state index contributed by atoms with van der Waals surface area (Å²) in [6.45, 7) is 0.661. The van der Waals surface area contributed by atoms with E-state index in [1.807, 2.05) is 42.5 Å². The van der Waals surface area contributed by atoms with E-state index >= 15 is 0 Å². The number of aromatic nitrogens is 3. The number of nitrogens with zero attached hydrogens (tertiary/aromatic N) is 4. The SMILES string of the molecule is CN(CCC#N)c1ccc(-c2cc[nH]c2)nn1. The number of rotatable bonds is 4. The summed E-state index contributed by atoms with van der Waals surface area (Å²) in [6.07, 6.45) is 4.21. The van der Waals surface area contributed by atoms with Crippen LogP contribution in [-0.2, 0) is 0 Å². The Morgan fingerprint density at radius 3 is 2.82 bits per heavy atom. The largest absolute Gasteiger partial charge is 0.367 e. The highest BCUT2D eigenvalue weighted by atomic mass is 15.2. The predicted molar refractivity (Wildman–Crippen MR) is 65.3 cm³/mol. The van der Waals surface area contributed by atoms with Gasteiger partial charge in [0.2, 0.25) is 0 Å². The number of aromatic amines is 1. The molecule has 0 saturated heterocycles. The zero-order chi connectivity index (χ0) is 12.1. The van der Waals surface area contributed by atoms with Crippen LogP contribution in [0.3, 0.4) is 0 Å². The second-order valence-electron chi connectivity index (χ2n) is 3.71. The standard InChI is InChI=1S/C12H13N5/c1-17(8-2-6-13)12-4-3-11(15-16-12)10-5-7-14-9-10/h3-5,7,9,14H,2,8H2,1H3. The molecule has 2 heterocycles. The smallest absolute Gasteiger partial charge is 0.151 e. The molecule has 0 aliphatic rings. The van der Waals surface area contributed by atoms with Crippen molar-refractivity contribution < 1.29 is 0 Å². The van der Waals surface area contributed by atoms with E-state index in [1.54, 1.807) is 0 Å². The summed E-state index contributed by atoms with van der Waals surface area (Å²) in [4.78, 5) is 4.89. The molecule has 5 heteroatoms. The van der Waals surface area contributed by atoms with E-state index in [0.29, 0.717) is 13.0 Å². The molecule has 17 heavy (non-hydrogen) atoms. The van der Waals surface area contributed by atoms with Crippen molar-refractivity contribution in [2.75, 3.05) is 18.5 Å². The van der Waals surface area contributed by atoms with Crippen molar-refractivity contribution in [3.05, 3.63) is 30.6 Å². The number of hydrogen-bond acceptors (Lipinski definition) is 4. The fraction of sp³-hybridized carbons (Fsp3) is 0.250. The first-order chi connectivity index (χ1) is 8.31. The maximum Gasteiger partial charge on any atom is 0.151 e. The second kappa shape index (κ2) is 5.12. The van der Waals surface area contributed by atoms with Crippen LogP contribution in [-0.4, -0.2) is 28.8 Å². The Labute approximate surface area is 99.7 Å². The lowest BCUT2D eigenvalue weighted by molar-refractivity contribution is 0.860. The highest BCUT2D eigenvalue weighted by molar-refractivity contribution is 5.58. The lowest BCUT2D eigenvalue weighted by atomic mass is 10.2. The summed E-state index contributed by atoms with van der Waals surface area (Å²) < 4.78 is 0. The molecule has 0 aliphatic heterocycles. The zero-order valence-electron chi connectivity index (χ0n) is 9.59. The molecule has 2 aromatic heterocycles. The fourth-order valence-corrected chi connectivity index (χ4v) is 1.50. The third-order valence-corrected chi connectivity index (χ3v) is 2.49. The van der Waals surface area contributed by atoms with E-state index < -0.39 is 0 Å². The molecule has 2 rings (SSSR count). The van der Waals surface area contributed by atoms with Gasteiger partial charge in [0.1, 0.15) is 0 Å². The van der Waals surface area contributed by atoms with E-state index in [2.05, 4.69) is 21.3 Å². The minimum absolute atomic E-state index is 0.484. The summed E-state index contributed by atoms with van der Waals surface area (Å²) in [5, 5.41) is 16.8. The zero-order valence-corrected chi connectivity index (χ0v) is 9.59. The molecule has 0 radical (unpaired) electrons. The number of hydrogen-bond donors (Lipinski definition) is 1. The molecule has 0 aliphatic carbocycles. The van der Waals surface area contributed by atoms with Crippen molar-refractivity contribution in [1.29, 1.82) is 5.26 Å². The van der Waals surface area contributed by atoms with Gasteiger partial charge in [-0.15, -0.1) is 10.2 Å². The fourth-order valence-electron chi connectivity index (χ4n) is 1.50. The first kappa shape index (κ1) is 11.1. The van der Waals surface area contributed by atoms with E-state index in [9.17, 15) is 0 Å². The molecule has 0 amide bonds. The number of anilines is 1. The highest BCUT2D eigenvalue weighted by Crippen LogP contribution is 2.17. The van der Waals surface area contributed by atoms with E-state index in [0.717, 1.165) is 17.1 Å². The molecule has 0 atom stereocenters. The molecule has 5 nitrogen and oxygen atoms in total. The van der Waals surface area contributed by atoms with Gasteiger partial charge in [0, 0.05) is 31.5 Å². The number of nitriles is 1. The molecule has 86 valence electrons. The molecular formula is C12H13N5. The summed E-state index contributed by atoms with van der Waals surface area (Å²) in [5.74, 6) is 0.777. The highest BCUT2D eigenvalue weighted by Gasteiger charge is 2.04. The molecule has 0 aromatic carbocycles. The molecule has 0 unspecified atom stereocenters. The van der Waals surface area contributed by atoms with Gasteiger partial charge in [0.05, 0.1) is 18.2 Å². The maximum absolute atomic E-state index is 8.51. The van der Waals surface area contributed by atoms with Gasteiger partial charge in [-0.1, -0.05) is 0 Å². The average Bonchev–Trinajstić information content (AvgIpc) is 2.90. The van der Waals surface area contributed by atoms with E-state index in [4.69, 9.17) is 5.26 Å². The Bertz CT molecular complexity index is 495. The van der Waals surface area contributed by atoms with Gasteiger partial charge in [-0.3, -0.25) is 0 Å². The third-order valence-electron chi connectivity index (χ3n) is 2.49. The van der Waals surface area contributed by atoms with Crippen molar-refractivity contribution >= 4 is 5.82 Å². The van der Waals surface area contributed by atoms with Gasteiger partial charge in [-0.2, -0.15) is 5.26 Å². The first-order valence-corrected chi connectivity index (χ1v) is 5.36. The summed E-state index contributed by atoms with van der Waals surface area (Å²) in [7, 11) is 1.90. The van der Waals surface area contributed by atoms with Crippen LogP contribution in [0.4, 0.5) is 5.82 Å². The van der Waals surface area contributed by atoms with Gasteiger partial charge in [-0.25, -0.2) is 0 Å². The van der Waals surface area contributed by atoms with Crippen LogP contribution in [0.1, 0.15) is 6.42 Å². The number of nitrogens with one attached hydrogen (secondary N) is 1. The van der Waals surface area contributed by atoms with Crippen LogP contribution in [0, 0.1) is 11.3 Å². The van der Waals surface area contributed by atoms with Crippen molar-refractivity contribution in [2.45, 2.75) is 6.42 Å². The van der Waals surface area contributed by atoms with Crippen molar-refractivity contribution in [1.82, 2.24) is 15.2 Å². The van der Waals surface area contributed by atoms with Gasteiger partial charge < -0.3 is 9.88 Å². The second-order valence-corrected chi connectivity index (χ2v) is 3.71. The normalized spacial score (nSPS) is 9.88. The lowest BCUT2D eigenvalue weighted by Gasteiger charge is -2.15. The molecular weight excluding hydrogens is 214 g/mol. The Kier molecular flexibility index (Phi) is 3.36. The Hall–Kier alpha value is -2.35. The Balaban J connectivity index is 2.11. The monoisotopic (exact) mass is 227 g/mol. The average molecular weight is 227 g/mol. The summed E-state index contributed by atoms with van der Waals surface area (Å²) >= 11 is 0. The van der Waals surface area contributed by atoms with Crippen LogP contribution in [0.5, 0.6) is 0 Å². The minimum atomic E-state index is 0.484.